The number of anilines is 1. The number of amides is 2. The Balaban J connectivity index is 1.45. The number of carbonyl (C=O) groups is 2. The number of nitrogens with zero attached hydrogens (tertiary/aromatic N) is 1. The number of thiophene rings is 1. The molecule has 0 unspecified atom stereocenters. The molecule has 41 heavy (non-hydrogen) atoms. The lowest BCUT2D eigenvalue weighted by atomic mass is 10.0. The highest BCUT2D eigenvalue weighted by Crippen LogP contribution is 2.43. The van der Waals surface area contributed by atoms with E-state index in [1.165, 1.54) is 6.07 Å². The second kappa shape index (κ2) is 11.3. The van der Waals surface area contributed by atoms with Crippen LogP contribution >= 0.6 is 11.3 Å². The molecule has 2 aromatic carbocycles. The number of alkyl halides is 3. The average molecular weight is 582 g/mol. The Kier molecular flexibility index (Phi) is 7.66. The zero-order chi connectivity index (χ0) is 29.1. The molecule has 0 saturated carbocycles. The van der Waals surface area contributed by atoms with E-state index < -0.39 is 23.7 Å². The smallest absolute Gasteiger partial charge is 0.433 e. The first-order valence-corrected chi connectivity index (χ1v) is 13.1. The van der Waals surface area contributed by atoms with E-state index in [-0.39, 0.29) is 38.7 Å². The number of primary amides is 1. The van der Waals surface area contributed by atoms with E-state index in [9.17, 15) is 22.8 Å². The molecule has 0 radical (unpaired) electrons. The minimum atomic E-state index is -4.74. The summed E-state index contributed by atoms with van der Waals surface area (Å²) in [5.41, 5.74) is 4.93. The fourth-order valence-corrected chi connectivity index (χ4v) is 5.09. The van der Waals surface area contributed by atoms with Gasteiger partial charge in [-0.05, 0) is 60.5 Å². The van der Waals surface area contributed by atoms with Crippen molar-refractivity contribution in [3.8, 4) is 22.6 Å². The largest absolute Gasteiger partial charge is 0.494 e. The molecule has 12 heteroatoms. The van der Waals surface area contributed by atoms with Gasteiger partial charge in [0.15, 0.2) is 5.76 Å². The Bertz CT molecular complexity index is 1710. The number of ether oxygens (including phenoxy) is 2. The molecule has 8 nitrogen and oxygen atoms in total. The van der Waals surface area contributed by atoms with E-state index in [1.807, 2.05) is 6.92 Å². The van der Waals surface area contributed by atoms with Crippen LogP contribution < -0.4 is 20.5 Å². The summed E-state index contributed by atoms with van der Waals surface area (Å²) in [6, 6.07) is 19.1. The Morgan fingerprint density at radius 1 is 1.00 bits per heavy atom. The van der Waals surface area contributed by atoms with Crippen molar-refractivity contribution in [1.82, 2.24) is 4.98 Å². The molecule has 0 bridgehead atoms. The molecule has 0 fully saturated rings. The highest BCUT2D eigenvalue weighted by atomic mass is 32.1. The molecule has 3 aromatic heterocycles. The van der Waals surface area contributed by atoms with E-state index >= 15 is 0 Å². The SMILES string of the molecule is CCOc1ccc(OCc2ccc(C(=O)Nc3c(C(N)=O)sc4nc(C(F)(F)F)cc(-c5ccccc5)c34)o2)cc1. The molecule has 0 spiro atoms. The van der Waals surface area contributed by atoms with Gasteiger partial charge in [-0.1, -0.05) is 30.3 Å². The number of pyridine rings is 1. The van der Waals surface area contributed by atoms with Crippen LogP contribution in [0.3, 0.4) is 0 Å². The summed E-state index contributed by atoms with van der Waals surface area (Å²) < 4.78 is 57.8. The number of nitrogens with two attached hydrogens (primary N) is 1. The van der Waals surface area contributed by atoms with Crippen LogP contribution in [0.15, 0.2) is 77.2 Å². The number of rotatable bonds is 9. The van der Waals surface area contributed by atoms with E-state index in [0.717, 1.165) is 6.07 Å². The summed E-state index contributed by atoms with van der Waals surface area (Å²) in [4.78, 5) is 29.0. The average Bonchev–Trinajstić information content (AvgIpc) is 3.58. The monoisotopic (exact) mass is 581 g/mol. The highest BCUT2D eigenvalue weighted by molar-refractivity contribution is 7.21. The summed E-state index contributed by atoms with van der Waals surface area (Å²) in [6.07, 6.45) is -4.74. The normalized spacial score (nSPS) is 11.4. The van der Waals surface area contributed by atoms with Crippen molar-refractivity contribution in [3.63, 3.8) is 0 Å². The topological polar surface area (TPSA) is 117 Å². The minimum Gasteiger partial charge on any atom is -0.494 e. The van der Waals surface area contributed by atoms with Gasteiger partial charge in [0.2, 0.25) is 0 Å². The van der Waals surface area contributed by atoms with Gasteiger partial charge in [0.05, 0.1) is 12.3 Å². The molecule has 5 aromatic rings. The molecule has 3 N–H and O–H groups in total. The fourth-order valence-electron chi connectivity index (χ4n) is 4.09. The zero-order valence-corrected chi connectivity index (χ0v) is 22.3. The van der Waals surface area contributed by atoms with Crippen molar-refractivity contribution >= 4 is 39.1 Å². The molecule has 0 saturated heterocycles. The lowest BCUT2D eigenvalue weighted by Crippen LogP contribution is -2.16. The van der Waals surface area contributed by atoms with Crippen LogP contribution in [0.1, 0.15) is 38.6 Å². The Labute approximate surface area is 235 Å². The van der Waals surface area contributed by atoms with Gasteiger partial charge >= 0.3 is 6.18 Å². The number of furan rings is 1. The molecule has 5 rings (SSSR count). The molecular weight excluding hydrogens is 559 g/mol. The van der Waals surface area contributed by atoms with Gasteiger partial charge in [-0.25, -0.2) is 4.98 Å². The van der Waals surface area contributed by atoms with Gasteiger partial charge in [0.25, 0.3) is 11.8 Å². The predicted molar refractivity (Wildman–Crippen MR) is 147 cm³/mol. The first kappa shape index (κ1) is 27.7. The summed E-state index contributed by atoms with van der Waals surface area (Å²) in [5.74, 6) is -0.167. The Morgan fingerprint density at radius 2 is 1.68 bits per heavy atom. The number of aromatic nitrogens is 1. The molecule has 0 aliphatic rings. The number of nitrogens with one attached hydrogen (secondary N) is 1. The van der Waals surface area contributed by atoms with Gasteiger partial charge in [-0.15, -0.1) is 11.3 Å². The third kappa shape index (κ3) is 6.02. The van der Waals surface area contributed by atoms with Crippen LogP contribution in [0, 0.1) is 0 Å². The number of halogens is 3. The Morgan fingerprint density at radius 3 is 2.32 bits per heavy atom. The fraction of sp³-hybridized carbons (Fsp3) is 0.138. The van der Waals surface area contributed by atoms with Gasteiger partial charge in [-0.2, -0.15) is 13.2 Å². The maximum absolute atomic E-state index is 13.7. The summed E-state index contributed by atoms with van der Waals surface area (Å²) in [5, 5.41) is 2.76. The zero-order valence-electron chi connectivity index (χ0n) is 21.5. The van der Waals surface area contributed by atoms with Crippen molar-refractivity contribution in [2.24, 2.45) is 5.73 Å². The van der Waals surface area contributed by atoms with Gasteiger partial charge in [0, 0.05) is 5.39 Å². The highest BCUT2D eigenvalue weighted by Gasteiger charge is 2.35. The summed E-state index contributed by atoms with van der Waals surface area (Å²) >= 11 is 0.663. The molecule has 0 atom stereocenters. The number of carbonyl (C=O) groups excluding carboxylic acids is 2. The third-order valence-corrected chi connectivity index (χ3v) is 7.00. The van der Waals surface area contributed by atoms with E-state index in [0.29, 0.717) is 40.8 Å². The number of hydrogen-bond donors (Lipinski definition) is 2. The molecule has 2 amide bonds. The number of benzene rings is 2. The van der Waals surface area contributed by atoms with Crippen LogP contribution in [0.4, 0.5) is 18.9 Å². The van der Waals surface area contributed by atoms with Gasteiger partial charge in [0.1, 0.15) is 39.3 Å². The first-order chi connectivity index (χ1) is 19.6. The Hall–Kier alpha value is -4.84. The maximum Gasteiger partial charge on any atom is 0.433 e. The van der Waals surface area contributed by atoms with Crippen LogP contribution in [0.25, 0.3) is 21.3 Å². The lowest BCUT2D eigenvalue weighted by Gasteiger charge is -2.12. The number of fused-ring (bicyclic) bond motifs is 1. The minimum absolute atomic E-state index is 0.0253. The van der Waals surface area contributed by atoms with Crippen LogP contribution in [0.2, 0.25) is 0 Å². The van der Waals surface area contributed by atoms with E-state index in [1.54, 1.807) is 60.7 Å². The lowest BCUT2D eigenvalue weighted by molar-refractivity contribution is -0.140. The maximum atomic E-state index is 13.7. The van der Waals surface area contributed by atoms with Crippen LogP contribution in [0.5, 0.6) is 11.5 Å². The van der Waals surface area contributed by atoms with Crippen molar-refractivity contribution in [3.05, 3.63) is 94.9 Å². The van der Waals surface area contributed by atoms with Gasteiger partial charge in [-0.3, -0.25) is 9.59 Å². The predicted octanol–water partition coefficient (Wildman–Crippen LogP) is 6.90. The van der Waals surface area contributed by atoms with E-state index in [2.05, 4.69) is 10.3 Å². The van der Waals surface area contributed by atoms with Crippen LogP contribution in [-0.4, -0.2) is 23.4 Å². The molecular formula is C29H22F3N3O5S. The molecule has 210 valence electrons. The second-order valence-electron chi connectivity index (χ2n) is 8.68. The van der Waals surface area contributed by atoms with Crippen molar-refractivity contribution in [2.45, 2.75) is 19.7 Å². The second-order valence-corrected chi connectivity index (χ2v) is 9.68. The summed E-state index contributed by atoms with van der Waals surface area (Å²) in [6.45, 7) is 2.45. The number of hydrogen-bond acceptors (Lipinski definition) is 7. The van der Waals surface area contributed by atoms with Crippen molar-refractivity contribution < 1.29 is 36.7 Å². The third-order valence-electron chi connectivity index (χ3n) is 5.90. The van der Waals surface area contributed by atoms with E-state index in [4.69, 9.17) is 19.6 Å². The molecule has 0 aliphatic carbocycles. The standard InChI is InChI=1S/C29H22F3N3O5S/c1-2-38-17-8-10-18(11-9-17)39-15-19-12-13-21(40-19)27(37)35-24-23-20(16-6-4-3-5-7-16)14-22(29(30,31)32)34-28(23)41-25(24)26(33)36/h3-14H,2,15H2,1H3,(H2,33,36)(H,35,37). The summed E-state index contributed by atoms with van der Waals surface area (Å²) in [7, 11) is 0. The quantitative estimate of drug-likeness (QED) is 0.196. The van der Waals surface area contributed by atoms with Crippen molar-refractivity contribution in [2.75, 3.05) is 11.9 Å². The molecule has 0 aliphatic heterocycles. The molecule has 3 heterocycles. The van der Waals surface area contributed by atoms with Gasteiger partial charge < -0.3 is 24.9 Å². The van der Waals surface area contributed by atoms with Crippen molar-refractivity contribution in [1.29, 1.82) is 0 Å². The first-order valence-electron chi connectivity index (χ1n) is 12.3. The van der Waals surface area contributed by atoms with Crippen LogP contribution in [-0.2, 0) is 12.8 Å².